The predicted octanol–water partition coefficient (Wildman–Crippen LogP) is 3.95. The van der Waals surface area contributed by atoms with Gasteiger partial charge in [-0.15, -0.1) is 24.0 Å². The highest BCUT2D eigenvalue weighted by Gasteiger charge is 2.16. The number of aliphatic imine (C=N–C) groups is 1. The average Bonchev–Trinajstić information content (AvgIpc) is 2.45. The number of halogens is 2. The van der Waals surface area contributed by atoms with Gasteiger partial charge in [-0.05, 0) is 51.1 Å². The third-order valence-electron chi connectivity index (χ3n) is 3.23. The summed E-state index contributed by atoms with van der Waals surface area (Å²) in [4.78, 5) is 4.51. The fourth-order valence-corrected chi connectivity index (χ4v) is 1.83. The van der Waals surface area contributed by atoms with E-state index in [-0.39, 0.29) is 34.5 Å². The lowest BCUT2D eigenvalue weighted by atomic mass is 10.1. The van der Waals surface area contributed by atoms with Crippen molar-refractivity contribution in [3.8, 4) is 0 Å². The molecule has 1 aromatic carbocycles. The molecule has 0 bridgehead atoms. The lowest BCUT2D eigenvalue weighted by Crippen LogP contribution is -2.43. The number of nitrogens with one attached hydrogen (secondary N) is 2. The molecule has 0 saturated carbocycles. The Kier molecular flexibility index (Phi) is 10.1. The molecule has 3 nitrogen and oxygen atoms in total. The van der Waals surface area contributed by atoms with Crippen LogP contribution < -0.4 is 10.6 Å². The molecule has 0 heterocycles. The second-order valence-electron chi connectivity index (χ2n) is 5.60. The Bertz CT molecular complexity index is 492. The van der Waals surface area contributed by atoms with Gasteiger partial charge in [0.05, 0.1) is 6.54 Å². The van der Waals surface area contributed by atoms with Crippen LogP contribution in [0.4, 0.5) is 4.39 Å². The van der Waals surface area contributed by atoms with Crippen molar-refractivity contribution in [2.75, 3.05) is 19.3 Å². The van der Waals surface area contributed by atoms with Crippen molar-refractivity contribution in [1.82, 2.24) is 10.6 Å². The highest BCUT2D eigenvalue weighted by atomic mass is 127. The zero-order chi connectivity index (χ0) is 15.9. The molecular formula is C16H27FIN3S. The molecule has 0 amide bonds. The first-order chi connectivity index (χ1) is 9.88. The molecular weight excluding hydrogens is 412 g/mol. The van der Waals surface area contributed by atoms with Crippen molar-refractivity contribution in [3.63, 3.8) is 0 Å². The van der Waals surface area contributed by atoms with E-state index >= 15 is 0 Å². The van der Waals surface area contributed by atoms with E-state index < -0.39 is 0 Å². The molecule has 0 aliphatic rings. The number of rotatable bonds is 6. The van der Waals surface area contributed by atoms with Crippen molar-refractivity contribution in [1.29, 1.82) is 0 Å². The summed E-state index contributed by atoms with van der Waals surface area (Å²) in [6.07, 6.45) is 2.10. The predicted molar refractivity (Wildman–Crippen MR) is 107 cm³/mol. The first-order valence-corrected chi connectivity index (χ1v) is 8.43. The summed E-state index contributed by atoms with van der Waals surface area (Å²) in [5.41, 5.74) is 1.54. The summed E-state index contributed by atoms with van der Waals surface area (Å²) >= 11 is 1.81. The number of thioether (sulfide) groups is 1. The van der Waals surface area contributed by atoms with Gasteiger partial charge < -0.3 is 10.6 Å². The lowest BCUT2D eigenvalue weighted by Gasteiger charge is -2.23. The molecule has 0 fully saturated rings. The number of benzene rings is 1. The summed E-state index contributed by atoms with van der Waals surface area (Å²) in [5.74, 6) is 0.588. The van der Waals surface area contributed by atoms with Gasteiger partial charge in [-0.2, -0.15) is 11.8 Å². The number of aryl methyl sites for hydroxylation is 1. The molecule has 0 atom stereocenters. The van der Waals surface area contributed by atoms with Gasteiger partial charge in [-0.25, -0.2) is 9.38 Å². The zero-order valence-corrected chi connectivity index (χ0v) is 17.1. The van der Waals surface area contributed by atoms with Gasteiger partial charge in [0, 0.05) is 17.8 Å². The number of hydrogen-bond donors (Lipinski definition) is 2. The largest absolute Gasteiger partial charge is 0.357 e. The Labute approximate surface area is 155 Å². The fourth-order valence-electron chi connectivity index (χ4n) is 1.62. The second-order valence-corrected chi connectivity index (χ2v) is 7.11. The van der Waals surface area contributed by atoms with Gasteiger partial charge in [0.1, 0.15) is 5.82 Å². The minimum atomic E-state index is -0.177. The van der Waals surface area contributed by atoms with Crippen LogP contribution in [0.25, 0.3) is 0 Å². The van der Waals surface area contributed by atoms with E-state index in [0.717, 1.165) is 24.6 Å². The molecule has 2 N–H and O–H groups in total. The van der Waals surface area contributed by atoms with Crippen LogP contribution in [0.15, 0.2) is 23.2 Å². The van der Waals surface area contributed by atoms with Gasteiger partial charge in [0.2, 0.25) is 0 Å². The molecule has 0 radical (unpaired) electrons. The van der Waals surface area contributed by atoms with Gasteiger partial charge in [0.15, 0.2) is 5.96 Å². The lowest BCUT2D eigenvalue weighted by molar-refractivity contribution is 0.616. The van der Waals surface area contributed by atoms with Crippen LogP contribution in [0.3, 0.4) is 0 Å². The molecule has 0 spiro atoms. The zero-order valence-electron chi connectivity index (χ0n) is 14.0. The Hall–Kier alpha value is -0.500. The molecule has 1 rings (SSSR count). The quantitative estimate of drug-likeness (QED) is 0.401. The van der Waals surface area contributed by atoms with E-state index in [4.69, 9.17) is 0 Å². The van der Waals surface area contributed by atoms with Crippen molar-refractivity contribution in [3.05, 3.63) is 35.1 Å². The third-order valence-corrected chi connectivity index (χ3v) is 4.48. The molecule has 0 aliphatic carbocycles. The first-order valence-electron chi connectivity index (χ1n) is 7.20. The van der Waals surface area contributed by atoms with Crippen LogP contribution in [0.1, 0.15) is 31.9 Å². The molecule has 1 aromatic rings. The summed E-state index contributed by atoms with van der Waals surface area (Å²) < 4.78 is 13.7. The maximum absolute atomic E-state index is 13.5. The summed E-state index contributed by atoms with van der Waals surface area (Å²) in [6, 6.07) is 5.25. The highest BCUT2D eigenvalue weighted by molar-refractivity contribution is 14.0. The normalized spacial score (nSPS) is 11.8. The van der Waals surface area contributed by atoms with Crippen LogP contribution in [0.5, 0.6) is 0 Å². The van der Waals surface area contributed by atoms with Crippen LogP contribution >= 0.6 is 35.7 Å². The maximum Gasteiger partial charge on any atom is 0.191 e. The second kappa shape index (κ2) is 10.3. The van der Waals surface area contributed by atoms with Crippen molar-refractivity contribution < 1.29 is 4.39 Å². The van der Waals surface area contributed by atoms with Gasteiger partial charge in [-0.1, -0.05) is 12.1 Å². The summed E-state index contributed by atoms with van der Waals surface area (Å²) in [5, 5.41) is 6.54. The van der Waals surface area contributed by atoms with E-state index in [0.29, 0.717) is 12.1 Å². The fraction of sp³-hybridized carbons (Fsp3) is 0.562. The summed E-state index contributed by atoms with van der Waals surface area (Å²) in [7, 11) is 0. The van der Waals surface area contributed by atoms with Gasteiger partial charge >= 0.3 is 0 Å². The standard InChI is InChI=1S/C16H26FN3S.HI/c1-6-18-15(20-11-16(3,4)21-5)19-10-13-8-7-12(2)14(17)9-13;/h7-9H,6,10-11H2,1-5H3,(H2,18,19,20);1H. The first kappa shape index (κ1) is 21.5. The third kappa shape index (κ3) is 7.67. The smallest absolute Gasteiger partial charge is 0.191 e. The maximum atomic E-state index is 13.5. The number of guanidine groups is 1. The van der Waals surface area contributed by atoms with Crippen LogP contribution in [0, 0.1) is 12.7 Å². The molecule has 6 heteroatoms. The number of nitrogens with zero attached hydrogens (tertiary/aromatic N) is 1. The highest BCUT2D eigenvalue weighted by Crippen LogP contribution is 2.19. The van der Waals surface area contributed by atoms with Gasteiger partial charge in [-0.3, -0.25) is 0 Å². The van der Waals surface area contributed by atoms with E-state index in [1.165, 1.54) is 0 Å². The monoisotopic (exact) mass is 439 g/mol. The average molecular weight is 439 g/mol. The molecule has 0 unspecified atom stereocenters. The topological polar surface area (TPSA) is 36.4 Å². The van der Waals surface area contributed by atoms with E-state index in [9.17, 15) is 4.39 Å². The van der Waals surface area contributed by atoms with E-state index in [1.807, 2.05) is 24.8 Å². The van der Waals surface area contributed by atoms with Crippen LogP contribution in [0.2, 0.25) is 0 Å². The minimum Gasteiger partial charge on any atom is -0.357 e. The van der Waals surface area contributed by atoms with E-state index in [1.54, 1.807) is 19.1 Å². The SMILES string of the molecule is CCNC(=NCc1ccc(C)c(F)c1)NCC(C)(C)SC.I. The summed E-state index contributed by atoms with van der Waals surface area (Å²) in [6.45, 7) is 10.2. The Morgan fingerprint density at radius 1 is 1.32 bits per heavy atom. The van der Waals surface area contributed by atoms with Crippen molar-refractivity contribution in [2.45, 2.75) is 39.0 Å². The molecule has 126 valence electrons. The molecule has 22 heavy (non-hydrogen) atoms. The van der Waals surface area contributed by atoms with Crippen molar-refractivity contribution in [2.24, 2.45) is 4.99 Å². The van der Waals surface area contributed by atoms with Crippen LogP contribution in [-0.4, -0.2) is 30.1 Å². The molecule has 0 aromatic heterocycles. The van der Waals surface area contributed by atoms with E-state index in [2.05, 4.69) is 35.7 Å². The Morgan fingerprint density at radius 2 is 2.00 bits per heavy atom. The molecule has 0 aliphatic heterocycles. The number of hydrogen-bond acceptors (Lipinski definition) is 2. The molecule has 0 saturated heterocycles. The van der Waals surface area contributed by atoms with Gasteiger partial charge in [0.25, 0.3) is 0 Å². The Morgan fingerprint density at radius 3 is 2.55 bits per heavy atom. The minimum absolute atomic E-state index is 0. The van der Waals surface area contributed by atoms with Crippen molar-refractivity contribution >= 4 is 41.7 Å². The van der Waals surface area contributed by atoms with Crippen LogP contribution in [-0.2, 0) is 6.54 Å². The Balaban J connectivity index is 0.00000441.